The Kier molecular flexibility index (Phi) is 3.90. The quantitative estimate of drug-likeness (QED) is 0.897. The maximum atomic E-state index is 12.1. The van der Waals surface area contributed by atoms with Crippen molar-refractivity contribution in [2.75, 3.05) is 11.9 Å². The van der Waals surface area contributed by atoms with Crippen molar-refractivity contribution in [1.29, 1.82) is 0 Å². The van der Waals surface area contributed by atoms with Gasteiger partial charge in [0.25, 0.3) is 5.56 Å². The third-order valence-electron chi connectivity index (χ3n) is 3.03. The van der Waals surface area contributed by atoms with Crippen LogP contribution in [-0.4, -0.2) is 17.0 Å². The molecule has 1 aliphatic rings. The van der Waals surface area contributed by atoms with Crippen molar-refractivity contribution < 1.29 is 4.79 Å². The molecule has 2 heterocycles. The van der Waals surface area contributed by atoms with Crippen molar-refractivity contribution in [3.8, 4) is 0 Å². The lowest BCUT2D eigenvalue weighted by molar-refractivity contribution is -0.110. The largest absolute Gasteiger partial charge is 0.322 e. The van der Waals surface area contributed by atoms with Crippen LogP contribution in [-0.2, 0) is 11.3 Å². The lowest BCUT2D eigenvalue weighted by Crippen LogP contribution is -2.34. The first-order valence-electron chi connectivity index (χ1n) is 6.46. The number of aromatic nitrogens is 1. The third kappa shape index (κ3) is 3.06. The molecule has 1 N–H and O–H groups in total. The fraction of sp³-hybridized carbons (Fsp3) is 0.214. The third-order valence-corrected chi connectivity index (χ3v) is 4.31. The van der Waals surface area contributed by atoms with E-state index in [0.717, 1.165) is 13.0 Å². The van der Waals surface area contributed by atoms with E-state index in [-0.39, 0.29) is 11.5 Å². The first-order chi connectivity index (χ1) is 10.1. The van der Waals surface area contributed by atoms with E-state index in [1.807, 2.05) is 0 Å². The average molecular weight is 322 g/mol. The Morgan fingerprint density at radius 1 is 1.48 bits per heavy atom. The summed E-state index contributed by atoms with van der Waals surface area (Å²) in [7, 11) is 0. The zero-order chi connectivity index (χ0) is 14.8. The predicted molar refractivity (Wildman–Crippen MR) is 83.4 cm³/mol. The lowest BCUT2D eigenvalue weighted by atomic mass is 10.3. The van der Waals surface area contributed by atoms with Crippen LogP contribution < -0.4 is 20.2 Å². The molecule has 5 nitrogen and oxygen atoms in total. The number of nitrogens with one attached hydrogen (secondary N) is 1. The highest BCUT2D eigenvalue weighted by Gasteiger charge is 2.09. The fourth-order valence-electron chi connectivity index (χ4n) is 2.09. The summed E-state index contributed by atoms with van der Waals surface area (Å²) >= 11 is 7.10. The van der Waals surface area contributed by atoms with Crippen molar-refractivity contribution in [2.45, 2.75) is 13.0 Å². The van der Waals surface area contributed by atoms with Crippen LogP contribution in [0, 0.1) is 0 Å². The zero-order valence-electron chi connectivity index (χ0n) is 11.0. The summed E-state index contributed by atoms with van der Waals surface area (Å²) in [5, 5.41) is 3.23. The maximum Gasteiger partial charge on any atom is 0.270 e. The summed E-state index contributed by atoms with van der Waals surface area (Å²) in [6.45, 7) is 1.39. The van der Waals surface area contributed by atoms with Crippen LogP contribution in [0.5, 0.6) is 0 Å². The molecule has 0 radical (unpaired) electrons. The number of fused-ring (bicyclic) bond motifs is 1. The molecule has 0 aliphatic carbocycles. The smallest absolute Gasteiger partial charge is 0.270 e. The number of amides is 1. The monoisotopic (exact) mass is 321 g/mol. The molecule has 0 atom stereocenters. The molecule has 0 spiro atoms. The zero-order valence-corrected chi connectivity index (χ0v) is 12.6. The van der Waals surface area contributed by atoms with Crippen molar-refractivity contribution in [1.82, 2.24) is 4.57 Å². The molecule has 1 aromatic heterocycles. The van der Waals surface area contributed by atoms with Gasteiger partial charge in [0.05, 0.1) is 0 Å². The van der Waals surface area contributed by atoms with Crippen LogP contribution in [0.15, 0.2) is 34.1 Å². The Morgan fingerprint density at radius 3 is 3.10 bits per heavy atom. The van der Waals surface area contributed by atoms with Gasteiger partial charge in [-0.15, -0.1) is 0 Å². The molecule has 1 aromatic carbocycles. The molecule has 1 amide bonds. The SMILES string of the molecule is O=C(/C=c1/sc2n(c1=O)CCCN=2)Nc1cccc(Cl)c1. The Bertz CT molecular complexity index is 869. The Hall–Kier alpha value is -1.92. The van der Waals surface area contributed by atoms with E-state index in [4.69, 9.17) is 11.6 Å². The van der Waals surface area contributed by atoms with Gasteiger partial charge in [-0.2, -0.15) is 0 Å². The summed E-state index contributed by atoms with van der Waals surface area (Å²) in [6, 6.07) is 6.85. The summed E-state index contributed by atoms with van der Waals surface area (Å²) < 4.78 is 2.02. The van der Waals surface area contributed by atoms with Gasteiger partial charge in [0, 0.05) is 29.9 Å². The van der Waals surface area contributed by atoms with E-state index < -0.39 is 0 Å². The van der Waals surface area contributed by atoms with Gasteiger partial charge < -0.3 is 5.32 Å². The molecule has 108 valence electrons. The topological polar surface area (TPSA) is 63.5 Å². The minimum atomic E-state index is -0.353. The highest BCUT2D eigenvalue weighted by Crippen LogP contribution is 2.14. The first-order valence-corrected chi connectivity index (χ1v) is 7.65. The number of hydrogen-bond donors (Lipinski definition) is 1. The normalized spacial score (nSPS) is 14.4. The van der Waals surface area contributed by atoms with Crippen LogP contribution in [0.1, 0.15) is 6.42 Å². The molecule has 0 saturated heterocycles. The minimum Gasteiger partial charge on any atom is -0.322 e. The standard InChI is InChI=1S/C14H12ClN3O2S/c15-9-3-1-4-10(7-9)17-12(19)8-11-13(20)18-6-2-5-16-14(18)21-11/h1,3-4,7-8H,2,5-6H2,(H,17,19)/b11-8+. The van der Waals surface area contributed by atoms with Crippen molar-refractivity contribution in [3.63, 3.8) is 0 Å². The van der Waals surface area contributed by atoms with Gasteiger partial charge in [-0.1, -0.05) is 29.0 Å². The second-order valence-electron chi connectivity index (χ2n) is 4.58. The van der Waals surface area contributed by atoms with Crippen molar-refractivity contribution >= 4 is 40.6 Å². The Morgan fingerprint density at radius 2 is 2.33 bits per heavy atom. The molecule has 7 heteroatoms. The number of hydrogen-bond acceptors (Lipinski definition) is 4. The Labute approximate surface area is 129 Å². The first kappa shape index (κ1) is 14.0. The summed E-state index contributed by atoms with van der Waals surface area (Å²) in [4.78, 5) is 29.1. The molecule has 3 rings (SSSR count). The van der Waals surface area contributed by atoms with Gasteiger partial charge >= 0.3 is 0 Å². The van der Waals surface area contributed by atoms with E-state index in [2.05, 4.69) is 10.3 Å². The summed E-state index contributed by atoms with van der Waals surface area (Å²) in [6.07, 6.45) is 2.17. The fourth-order valence-corrected chi connectivity index (χ4v) is 3.28. The number of rotatable bonds is 2. The Balaban J connectivity index is 1.90. The second kappa shape index (κ2) is 5.83. The molecule has 2 aromatic rings. The van der Waals surface area contributed by atoms with E-state index in [1.165, 1.54) is 17.4 Å². The molecule has 0 saturated carbocycles. The maximum absolute atomic E-state index is 12.1. The number of thiazole rings is 1. The van der Waals surface area contributed by atoms with Crippen LogP contribution in [0.2, 0.25) is 5.02 Å². The lowest BCUT2D eigenvalue weighted by Gasteiger charge is -2.03. The molecule has 0 unspecified atom stereocenters. The molecule has 21 heavy (non-hydrogen) atoms. The van der Waals surface area contributed by atoms with E-state index >= 15 is 0 Å². The van der Waals surface area contributed by atoms with Crippen molar-refractivity contribution in [2.24, 2.45) is 4.99 Å². The molecule has 0 bridgehead atoms. The highest BCUT2D eigenvalue weighted by atomic mass is 35.5. The number of nitrogens with zero attached hydrogens (tertiary/aromatic N) is 2. The van der Waals surface area contributed by atoms with Gasteiger partial charge in [-0.05, 0) is 24.6 Å². The molecule has 1 aliphatic heterocycles. The van der Waals surface area contributed by atoms with Crippen molar-refractivity contribution in [3.05, 3.63) is 49.0 Å². The van der Waals surface area contributed by atoms with Gasteiger partial charge in [-0.25, -0.2) is 0 Å². The van der Waals surface area contributed by atoms with E-state index in [9.17, 15) is 9.59 Å². The number of benzene rings is 1. The number of carbonyl (C=O) groups excluding carboxylic acids is 1. The van der Waals surface area contributed by atoms with Gasteiger partial charge in [-0.3, -0.25) is 19.1 Å². The van der Waals surface area contributed by atoms with Crippen LogP contribution in [0.3, 0.4) is 0 Å². The van der Waals surface area contributed by atoms with Crippen LogP contribution >= 0.6 is 22.9 Å². The average Bonchev–Trinajstić information content (AvgIpc) is 2.76. The molecular weight excluding hydrogens is 310 g/mol. The molecule has 0 fully saturated rings. The van der Waals surface area contributed by atoms with Gasteiger partial charge in [0.2, 0.25) is 5.91 Å². The summed E-state index contributed by atoms with van der Waals surface area (Å²) in [5.74, 6) is -0.353. The minimum absolute atomic E-state index is 0.153. The summed E-state index contributed by atoms with van der Waals surface area (Å²) in [5.41, 5.74) is 0.439. The highest BCUT2D eigenvalue weighted by molar-refractivity contribution is 7.07. The second-order valence-corrected chi connectivity index (χ2v) is 6.03. The van der Waals surface area contributed by atoms with E-state index in [1.54, 1.807) is 28.8 Å². The van der Waals surface area contributed by atoms with Crippen LogP contribution in [0.25, 0.3) is 6.08 Å². The van der Waals surface area contributed by atoms with Gasteiger partial charge in [0.15, 0.2) is 4.80 Å². The number of anilines is 1. The number of halogens is 1. The van der Waals surface area contributed by atoms with Crippen LogP contribution in [0.4, 0.5) is 5.69 Å². The predicted octanol–water partition coefficient (Wildman–Crippen LogP) is 1.01. The van der Waals surface area contributed by atoms with Gasteiger partial charge in [0.1, 0.15) is 4.53 Å². The van der Waals surface area contributed by atoms with E-state index in [0.29, 0.717) is 26.6 Å². The molecular formula is C14H12ClN3O2S. The number of carbonyl (C=O) groups is 1.